The summed E-state index contributed by atoms with van der Waals surface area (Å²) in [6.07, 6.45) is 5.76. The highest BCUT2D eigenvalue weighted by Crippen LogP contribution is 2.45. The van der Waals surface area contributed by atoms with E-state index in [-0.39, 0.29) is 0 Å². The molecule has 1 N–H and O–H groups in total. The van der Waals surface area contributed by atoms with E-state index in [1.165, 1.54) is 31.2 Å². The van der Waals surface area contributed by atoms with Crippen LogP contribution in [-0.4, -0.2) is 6.04 Å². The Hall–Kier alpha value is -0.530. The molecule has 19 heavy (non-hydrogen) atoms. The summed E-state index contributed by atoms with van der Waals surface area (Å²) in [6.45, 7) is 4.61. The summed E-state index contributed by atoms with van der Waals surface area (Å²) in [5, 5.41) is 4.76. The van der Waals surface area contributed by atoms with Gasteiger partial charge in [-0.1, -0.05) is 44.0 Å². The fourth-order valence-electron chi connectivity index (χ4n) is 4.02. The van der Waals surface area contributed by atoms with Crippen LogP contribution in [0, 0.1) is 17.8 Å². The summed E-state index contributed by atoms with van der Waals surface area (Å²) >= 11 is 6.00. The molecular formula is C17H24ClN. The van der Waals surface area contributed by atoms with Crippen LogP contribution in [0.3, 0.4) is 0 Å². The number of nitrogens with one attached hydrogen (secondary N) is 1. The first kappa shape index (κ1) is 13.5. The summed E-state index contributed by atoms with van der Waals surface area (Å²) in [5.74, 6) is 2.54. The number of benzene rings is 1. The van der Waals surface area contributed by atoms with Crippen LogP contribution in [0.2, 0.25) is 5.02 Å². The second-order valence-electron chi connectivity index (χ2n) is 6.72. The quantitative estimate of drug-likeness (QED) is 0.832. The zero-order valence-electron chi connectivity index (χ0n) is 11.9. The van der Waals surface area contributed by atoms with Crippen molar-refractivity contribution in [2.45, 2.75) is 51.6 Å². The highest BCUT2D eigenvalue weighted by atomic mass is 35.5. The van der Waals surface area contributed by atoms with Crippen LogP contribution in [0.1, 0.15) is 51.1 Å². The van der Waals surface area contributed by atoms with Crippen molar-refractivity contribution in [3.63, 3.8) is 0 Å². The maximum atomic E-state index is 6.00. The summed E-state index contributed by atoms with van der Waals surface area (Å²) in [6, 6.07) is 9.56. The van der Waals surface area contributed by atoms with Crippen LogP contribution >= 0.6 is 11.6 Å². The fourth-order valence-corrected chi connectivity index (χ4v) is 4.15. The van der Waals surface area contributed by atoms with E-state index in [0.29, 0.717) is 12.0 Å². The minimum Gasteiger partial charge on any atom is -0.307 e. The molecule has 0 saturated heterocycles. The molecule has 0 spiro atoms. The first-order valence-electron chi connectivity index (χ1n) is 7.65. The molecule has 2 bridgehead atoms. The van der Waals surface area contributed by atoms with Crippen LogP contribution in [-0.2, 0) is 0 Å². The molecule has 2 saturated carbocycles. The third kappa shape index (κ3) is 2.83. The molecule has 3 rings (SSSR count). The van der Waals surface area contributed by atoms with E-state index < -0.39 is 0 Å². The normalized spacial score (nSPS) is 31.1. The molecule has 2 fully saturated rings. The van der Waals surface area contributed by atoms with E-state index in [1.807, 2.05) is 12.1 Å². The molecule has 2 aliphatic rings. The lowest BCUT2D eigenvalue weighted by Crippen LogP contribution is -2.38. The van der Waals surface area contributed by atoms with Gasteiger partial charge in [-0.25, -0.2) is 0 Å². The Morgan fingerprint density at radius 2 is 1.84 bits per heavy atom. The average Bonchev–Trinajstić information content (AvgIpc) is 2.99. The highest BCUT2D eigenvalue weighted by molar-refractivity contribution is 6.30. The van der Waals surface area contributed by atoms with Gasteiger partial charge in [-0.3, -0.25) is 0 Å². The van der Waals surface area contributed by atoms with Gasteiger partial charge >= 0.3 is 0 Å². The lowest BCUT2D eigenvalue weighted by atomic mass is 9.90. The Bertz CT molecular complexity index is 425. The Kier molecular flexibility index (Phi) is 3.86. The second kappa shape index (κ2) is 5.46. The monoisotopic (exact) mass is 277 g/mol. The van der Waals surface area contributed by atoms with Gasteiger partial charge in [0, 0.05) is 17.1 Å². The smallest absolute Gasteiger partial charge is 0.0406 e. The molecule has 104 valence electrons. The van der Waals surface area contributed by atoms with Crippen molar-refractivity contribution in [3.05, 3.63) is 34.9 Å². The molecule has 2 heteroatoms. The second-order valence-corrected chi connectivity index (χ2v) is 7.16. The van der Waals surface area contributed by atoms with Gasteiger partial charge < -0.3 is 5.32 Å². The third-order valence-corrected chi connectivity index (χ3v) is 5.28. The predicted molar refractivity (Wildman–Crippen MR) is 81.4 cm³/mol. The molecule has 0 aromatic heterocycles. The standard InChI is InChI=1S/C17H24ClN/c1-11(2)17(13-5-7-15(18)8-6-13)19-16-10-12-3-4-14(16)9-12/h5-8,11-12,14,16-17,19H,3-4,9-10H2,1-2H3. The molecule has 1 nitrogen and oxygen atoms in total. The first-order chi connectivity index (χ1) is 9.13. The van der Waals surface area contributed by atoms with Crippen molar-refractivity contribution < 1.29 is 0 Å². The van der Waals surface area contributed by atoms with Crippen LogP contribution in [0.4, 0.5) is 0 Å². The molecule has 1 aromatic rings. The average molecular weight is 278 g/mol. The minimum absolute atomic E-state index is 0.460. The van der Waals surface area contributed by atoms with Crippen LogP contribution in [0.25, 0.3) is 0 Å². The van der Waals surface area contributed by atoms with Gasteiger partial charge in [-0.2, -0.15) is 0 Å². The summed E-state index contributed by atoms with van der Waals surface area (Å²) in [7, 11) is 0. The van der Waals surface area contributed by atoms with E-state index in [9.17, 15) is 0 Å². The number of fused-ring (bicyclic) bond motifs is 2. The number of halogens is 1. The van der Waals surface area contributed by atoms with Crippen molar-refractivity contribution in [2.24, 2.45) is 17.8 Å². The summed E-state index contributed by atoms with van der Waals surface area (Å²) in [4.78, 5) is 0. The fraction of sp³-hybridized carbons (Fsp3) is 0.647. The maximum absolute atomic E-state index is 6.00. The van der Waals surface area contributed by atoms with Crippen molar-refractivity contribution in [1.82, 2.24) is 5.32 Å². The van der Waals surface area contributed by atoms with Crippen molar-refractivity contribution in [2.75, 3.05) is 0 Å². The highest BCUT2D eigenvalue weighted by Gasteiger charge is 2.40. The minimum atomic E-state index is 0.460. The van der Waals surface area contributed by atoms with E-state index in [4.69, 9.17) is 11.6 Å². The molecule has 4 unspecified atom stereocenters. The van der Waals surface area contributed by atoms with Crippen molar-refractivity contribution in [1.29, 1.82) is 0 Å². The van der Waals surface area contributed by atoms with Gasteiger partial charge in [-0.15, -0.1) is 0 Å². The topological polar surface area (TPSA) is 12.0 Å². The number of rotatable bonds is 4. The SMILES string of the molecule is CC(C)C(NC1CC2CCC1C2)c1ccc(Cl)cc1. The van der Waals surface area contributed by atoms with Gasteiger partial charge in [0.05, 0.1) is 0 Å². The largest absolute Gasteiger partial charge is 0.307 e. The number of hydrogen-bond acceptors (Lipinski definition) is 1. The third-order valence-electron chi connectivity index (χ3n) is 5.03. The molecule has 0 amide bonds. The molecule has 4 atom stereocenters. The van der Waals surface area contributed by atoms with Crippen LogP contribution in [0.5, 0.6) is 0 Å². The first-order valence-corrected chi connectivity index (χ1v) is 8.03. The zero-order valence-corrected chi connectivity index (χ0v) is 12.7. The molecule has 0 aliphatic heterocycles. The van der Waals surface area contributed by atoms with Gasteiger partial charge in [0.2, 0.25) is 0 Å². The van der Waals surface area contributed by atoms with Gasteiger partial charge in [0.25, 0.3) is 0 Å². The molecule has 0 radical (unpaired) electrons. The summed E-state index contributed by atoms with van der Waals surface area (Å²) < 4.78 is 0. The van der Waals surface area contributed by atoms with E-state index in [0.717, 1.165) is 22.9 Å². The lowest BCUT2D eigenvalue weighted by Gasteiger charge is -2.31. The Labute approximate surface area is 121 Å². The van der Waals surface area contributed by atoms with Gasteiger partial charge in [0.1, 0.15) is 0 Å². The van der Waals surface area contributed by atoms with Crippen LogP contribution < -0.4 is 5.32 Å². The molecular weight excluding hydrogens is 254 g/mol. The Balaban J connectivity index is 1.72. The predicted octanol–water partition coefficient (Wildman–Crippen LogP) is 4.82. The Morgan fingerprint density at radius 1 is 1.11 bits per heavy atom. The molecule has 0 heterocycles. The zero-order chi connectivity index (χ0) is 13.4. The van der Waals surface area contributed by atoms with Gasteiger partial charge in [-0.05, 0) is 54.7 Å². The van der Waals surface area contributed by atoms with E-state index in [1.54, 1.807) is 0 Å². The maximum Gasteiger partial charge on any atom is 0.0406 e. The van der Waals surface area contributed by atoms with Crippen molar-refractivity contribution >= 4 is 11.6 Å². The lowest BCUT2D eigenvalue weighted by molar-refractivity contribution is 0.285. The van der Waals surface area contributed by atoms with E-state index >= 15 is 0 Å². The molecule has 1 aromatic carbocycles. The van der Waals surface area contributed by atoms with Gasteiger partial charge in [0.15, 0.2) is 0 Å². The summed E-state index contributed by atoms with van der Waals surface area (Å²) in [5.41, 5.74) is 1.38. The molecule has 2 aliphatic carbocycles. The Morgan fingerprint density at radius 3 is 2.37 bits per heavy atom. The van der Waals surface area contributed by atoms with E-state index in [2.05, 4.69) is 31.3 Å². The number of hydrogen-bond donors (Lipinski definition) is 1. The van der Waals surface area contributed by atoms with Crippen molar-refractivity contribution in [3.8, 4) is 0 Å². The van der Waals surface area contributed by atoms with Crippen LogP contribution in [0.15, 0.2) is 24.3 Å².